The molecule has 1 amide bonds. The SMILES string of the molecule is CCCCCCCCC[C@@H]1CO[C@H](NC(=O)OC)O1. The highest BCUT2D eigenvalue weighted by Crippen LogP contribution is 2.17. The minimum absolute atomic E-state index is 0.0952. The lowest BCUT2D eigenvalue weighted by Crippen LogP contribution is -2.35. The van der Waals surface area contributed by atoms with E-state index >= 15 is 0 Å². The van der Waals surface area contributed by atoms with Crippen molar-refractivity contribution < 1.29 is 19.0 Å². The van der Waals surface area contributed by atoms with Gasteiger partial charge >= 0.3 is 6.09 Å². The van der Waals surface area contributed by atoms with Crippen molar-refractivity contribution in [2.24, 2.45) is 0 Å². The van der Waals surface area contributed by atoms with Crippen molar-refractivity contribution in [1.29, 1.82) is 0 Å². The zero-order chi connectivity index (χ0) is 13.9. The van der Waals surface area contributed by atoms with E-state index in [0.717, 1.165) is 12.8 Å². The van der Waals surface area contributed by atoms with E-state index < -0.39 is 12.5 Å². The van der Waals surface area contributed by atoms with E-state index in [9.17, 15) is 4.79 Å². The topological polar surface area (TPSA) is 56.8 Å². The number of methoxy groups -OCH3 is 1. The minimum atomic E-state index is -0.651. The first kappa shape index (κ1) is 16.2. The van der Waals surface area contributed by atoms with Gasteiger partial charge in [0.1, 0.15) is 0 Å². The zero-order valence-corrected chi connectivity index (χ0v) is 12.2. The van der Waals surface area contributed by atoms with E-state index in [1.165, 1.54) is 45.6 Å². The van der Waals surface area contributed by atoms with Gasteiger partial charge in [0.25, 0.3) is 0 Å². The Kier molecular flexibility index (Phi) is 8.58. The first-order valence-corrected chi connectivity index (χ1v) is 7.37. The lowest BCUT2D eigenvalue weighted by Gasteiger charge is -2.11. The van der Waals surface area contributed by atoms with E-state index in [1.54, 1.807) is 0 Å². The van der Waals surface area contributed by atoms with Crippen molar-refractivity contribution in [2.75, 3.05) is 13.7 Å². The van der Waals surface area contributed by atoms with Crippen LogP contribution < -0.4 is 5.32 Å². The Morgan fingerprint density at radius 1 is 1.21 bits per heavy atom. The predicted octanol–water partition coefficient (Wildman–Crippen LogP) is 3.18. The number of hydrogen-bond acceptors (Lipinski definition) is 4. The van der Waals surface area contributed by atoms with Gasteiger partial charge in [-0.15, -0.1) is 0 Å². The zero-order valence-electron chi connectivity index (χ0n) is 12.2. The molecule has 0 aromatic carbocycles. The molecule has 1 N–H and O–H groups in total. The minimum Gasteiger partial charge on any atom is -0.453 e. The number of amides is 1. The molecule has 1 heterocycles. The van der Waals surface area contributed by atoms with Crippen LogP contribution in [0.3, 0.4) is 0 Å². The Morgan fingerprint density at radius 3 is 2.58 bits per heavy atom. The van der Waals surface area contributed by atoms with Crippen LogP contribution in [-0.4, -0.2) is 32.3 Å². The monoisotopic (exact) mass is 273 g/mol. The Balaban J connectivity index is 1.95. The second-order valence-corrected chi connectivity index (χ2v) is 4.97. The average molecular weight is 273 g/mol. The highest BCUT2D eigenvalue weighted by atomic mass is 16.7. The van der Waals surface area contributed by atoms with Gasteiger partial charge in [-0.2, -0.15) is 0 Å². The van der Waals surface area contributed by atoms with Gasteiger partial charge in [-0.25, -0.2) is 4.79 Å². The maximum Gasteiger partial charge on any atom is 0.410 e. The molecule has 2 atom stereocenters. The van der Waals surface area contributed by atoms with Crippen molar-refractivity contribution in [1.82, 2.24) is 5.32 Å². The normalized spacial score (nSPS) is 22.4. The number of rotatable bonds is 9. The van der Waals surface area contributed by atoms with Crippen molar-refractivity contribution in [3.8, 4) is 0 Å². The van der Waals surface area contributed by atoms with Crippen molar-refractivity contribution in [2.45, 2.75) is 70.8 Å². The van der Waals surface area contributed by atoms with Crippen LogP contribution in [0.25, 0.3) is 0 Å². The summed E-state index contributed by atoms with van der Waals surface area (Å²) < 4.78 is 15.3. The molecule has 5 nitrogen and oxygen atoms in total. The summed E-state index contributed by atoms with van der Waals surface area (Å²) in [5.41, 5.74) is 0. The Bertz CT molecular complexity index is 248. The second-order valence-electron chi connectivity index (χ2n) is 4.97. The van der Waals surface area contributed by atoms with Crippen LogP contribution in [-0.2, 0) is 14.2 Å². The third-order valence-corrected chi connectivity index (χ3v) is 3.30. The Morgan fingerprint density at radius 2 is 1.89 bits per heavy atom. The smallest absolute Gasteiger partial charge is 0.410 e. The number of carbonyl (C=O) groups is 1. The fourth-order valence-electron chi connectivity index (χ4n) is 2.16. The molecule has 5 heteroatoms. The van der Waals surface area contributed by atoms with Gasteiger partial charge in [0.15, 0.2) is 0 Å². The quantitative estimate of drug-likeness (QED) is 0.655. The van der Waals surface area contributed by atoms with E-state index in [1.807, 2.05) is 0 Å². The van der Waals surface area contributed by atoms with Crippen LogP contribution in [0.4, 0.5) is 4.79 Å². The predicted molar refractivity (Wildman–Crippen MR) is 72.8 cm³/mol. The standard InChI is InChI=1S/C14H27NO4/c1-3-4-5-6-7-8-9-10-12-11-18-14(19-12)15-13(16)17-2/h12,14H,3-11H2,1-2H3,(H,15,16)/t12-,14+/m1/s1. The molecular weight excluding hydrogens is 246 g/mol. The van der Waals surface area contributed by atoms with Crippen LogP contribution >= 0.6 is 0 Å². The molecule has 0 saturated carbocycles. The van der Waals surface area contributed by atoms with E-state index in [4.69, 9.17) is 9.47 Å². The number of nitrogens with one attached hydrogen (secondary N) is 1. The molecule has 1 rings (SSSR count). The highest BCUT2D eigenvalue weighted by Gasteiger charge is 2.26. The molecule has 1 saturated heterocycles. The van der Waals surface area contributed by atoms with Gasteiger partial charge in [0.2, 0.25) is 6.41 Å². The van der Waals surface area contributed by atoms with Crippen LogP contribution in [0.1, 0.15) is 58.3 Å². The van der Waals surface area contributed by atoms with Gasteiger partial charge in [0, 0.05) is 0 Å². The summed E-state index contributed by atoms with van der Waals surface area (Å²) in [6.45, 7) is 2.78. The summed E-state index contributed by atoms with van der Waals surface area (Å²) in [5, 5.41) is 2.48. The summed E-state index contributed by atoms with van der Waals surface area (Å²) in [6.07, 6.45) is 8.95. The number of ether oxygens (including phenoxy) is 3. The Hall–Kier alpha value is -0.810. The highest BCUT2D eigenvalue weighted by molar-refractivity contribution is 5.66. The first-order valence-electron chi connectivity index (χ1n) is 7.37. The molecular formula is C14H27NO4. The van der Waals surface area contributed by atoms with Gasteiger partial charge in [0.05, 0.1) is 19.8 Å². The third kappa shape index (κ3) is 7.38. The first-order chi connectivity index (χ1) is 9.26. The van der Waals surface area contributed by atoms with Crippen molar-refractivity contribution >= 4 is 6.09 Å². The van der Waals surface area contributed by atoms with Crippen LogP contribution in [0.5, 0.6) is 0 Å². The summed E-state index contributed by atoms with van der Waals surface area (Å²) in [5.74, 6) is 0. The molecule has 0 spiro atoms. The van der Waals surface area contributed by atoms with Crippen molar-refractivity contribution in [3.63, 3.8) is 0 Å². The van der Waals surface area contributed by atoms with Crippen LogP contribution in [0.15, 0.2) is 0 Å². The summed E-state index contributed by atoms with van der Waals surface area (Å²) in [4.78, 5) is 11.0. The Labute approximate surface area is 116 Å². The maximum atomic E-state index is 11.0. The van der Waals surface area contributed by atoms with Gasteiger partial charge < -0.3 is 14.2 Å². The summed E-state index contributed by atoms with van der Waals surface area (Å²) >= 11 is 0. The van der Waals surface area contributed by atoms with Gasteiger partial charge in [-0.05, 0) is 6.42 Å². The molecule has 19 heavy (non-hydrogen) atoms. The number of unbranched alkanes of at least 4 members (excludes halogenated alkanes) is 6. The van der Waals surface area contributed by atoms with E-state index in [2.05, 4.69) is 17.0 Å². The molecule has 0 bridgehead atoms. The van der Waals surface area contributed by atoms with Crippen molar-refractivity contribution in [3.05, 3.63) is 0 Å². The lowest BCUT2D eigenvalue weighted by molar-refractivity contribution is -0.0767. The van der Waals surface area contributed by atoms with Gasteiger partial charge in [-0.1, -0.05) is 51.9 Å². The summed E-state index contributed by atoms with van der Waals surface area (Å²) in [6, 6.07) is 0. The van der Waals surface area contributed by atoms with E-state index in [-0.39, 0.29) is 6.10 Å². The fourth-order valence-corrected chi connectivity index (χ4v) is 2.16. The molecule has 1 aliphatic heterocycles. The number of carbonyl (C=O) groups excluding carboxylic acids is 1. The van der Waals surface area contributed by atoms with E-state index in [0.29, 0.717) is 6.61 Å². The molecule has 0 radical (unpaired) electrons. The average Bonchev–Trinajstić information content (AvgIpc) is 2.85. The maximum absolute atomic E-state index is 11.0. The molecule has 0 aromatic rings. The summed E-state index contributed by atoms with van der Waals surface area (Å²) in [7, 11) is 1.32. The second kappa shape index (κ2) is 10.0. The van der Waals surface area contributed by atoms with Crippen LogP contribution in [0.2, 0.25) is 0 Å². The third-order valence-electron chi connectivity index (χ3n) is 3.30. The molecule has 1 fully saturated rings. The lowest BCUT2D eigenvalue weighted by atomic mass is 10.1. The fraction of sp³-hybridized carbons (Fsp3) is 0.929. The largest absolute Gasteiger partial charge is 0.453 e. The molecule has 0 unspecified atom stereocenters. The molecule has 0 aliphatic carbocycles. The van der Waals surface area contributed by atoms with Gasteiger partial charge in [-0.3, -0.25) is 5.32 Å². The molecule has 1 aliphatic rings. The number of alkyl carbamates (subject to hydrolysis) is 1. The van der Waals surface area contributed by atoms with Crippen LogP contribution in [0, 0.1) is 0 Å². The molecule has 112 valence electrons. The molecule has 0 aromatic heterocycles. The number of hydrogen-bond donors (Lipinski definition) is 1.